The Labute approximate surface area is 146 Å². The van der Waals surface area contributed by atoms with Gasteiger partial charge in [0.15, 0.2) is 0 Å². The summed E-state index contributed by atoms with van der Waals surface area (Å²) in [6, 6.07) is 22.2. The van der Waals surface area contributed by atoms with E-state index < -0.39 is 0 Å². The van der Waals surface area contributed by atoms with Crippen molar-refractivity contribution in [3.63, 3.8) is 0 Å². The average Bonchev–Trinajstić information content (AvgIpc) is 2.62. The summed E-state index contributed by atoms with van der Waals surface area (Å²) in [5, 5.41) is 4.82. The highest BCUT2D eigenvalue weighted by Gasteiger charge is 2.14. The molecule has 1 amide bonds. The van der Waals surface area contributed by atoms with Crippen LogP contribution in [-0.2, 0) is 11.2 Å². The van der Waals surface area contributed by atoms with E-state index in [4.69, 9.17) is 0 Å². The number of benzene rings is 2. The van der Waals surface area contributed by atoms with Gasteiger partial charge in [0, 0.05) is 11.9 Å². The number of hydrogen-bond donors (Lipinski definition) is 1. The second kappa shape index (κ2) is 7.97. The van der Waals surface area contributed by atoms with Crippen molar-refractivity contribution in [1.82, 2.24) is 10.3 Å². The third-order valence-corrected chi connectivity index (χ3v) is 4.83. The molecule has 0 aliphatic carbocycles. The standard InChI is InChI=1S/C20H20N2OS/c1-15(20(23)21-14-13-16-7-3-2-4-8-16)24-19-12-11-17-9-5-6-10-18(17)22-19/h2-12,15H,13-14H2,1H3,(H,21,23). The molecule has 0 radical (unpaired) electrons. The van der Waals surface area contributed by atoms with Crippen LogP contribution in [0.15, 0.2) is 71.8 Å². The smallest absolute Gasteiger partial charge is 0.233 e. The molecule has 0 fully saturated rings. The SMILES string of the molecule is CC(Sc1ccc2ccccc2n1)C(=O)NCCc1ccccc1. The molecule has 0 aliphatic heterocycles. The van der Waals surface area contributed by atoms with Crippen LogP contribution in [0.2, 0.25) is 0 Å². The maximum atomic E-state index is 12.2. The zero-order chi connectivity index (χ0) is 16.8. The van der Waals surface area contributed by atoms with Gasteiger partial charge in [-0.3, -0.25) is 4.79 Å². The van der Waals surface area contributed by atoms with Crippen LogP contribution < -0.4 is 5.32 Å². The number of hydrogen-bond acceptors (Lipinski definition) is 3. The van der Waals surface area contributed by atoms with Crippen LogP contribution in [0, 0.1) is 0 Å². The summed E-state index contributed by atoms with van der Waals surface area (Å²) in [5.74, 6) is 0.0471. The van der Waals surface area contributed by atoms with Gasteiger partial charge in [-0.05, 0) is 31.0 Å². The van der Waals surface area contributed by atoms with Crippen LogP contribution >= 0.6 is 11.8 Å². The average molecular weight is 336 g/mol. The van der Waals surface area contributed by atoms with Gasteiger partial charge in [0.1, 0.15) is 0 Å². The molecule has 1 unspecified atom stereocenters. The van der Waals surface area contributed by atoms with Gasteiger partial charge in [-0.1, -0.05) is 66.4 Å². The summed E-state index contributed by atoms with van der Waals surface area (Å²) in [5.41, 5.74) is 2.19. The van der Waals surface area contributed by atoms with E-state index in [1.807, 2.05) is 61.5 Å². The lowest BCUT2D eigenvalue weighted by atomic mass is 10.1. The fourth-order valence-corrected chi connectivity index (χ4v) is 3.32. The van der Waals surface area contributed by atoms with Crippen molar-refractivity contribution >= 4 is 28.6 Å². The third kappa shape index (κ3) is 4.36. The largest absolute Gasteiger partial charge is 0.355 e. The van der Waals surface area contributed by atoms with Crippen molar-refractivity contribution in [2.45, 2.75) is 23.6 Å². The van der Waals surface area contributed by atoms with Crippen molar-refractivity contribution in [3.8, 4) is 0 Å². The molecular weight excluding hydrogens is 316 g/mol. The maximum absolute atomic E-state index is 12.2. The molecule has 1 atom stereocenters. The number of nitrogens with zero attached hydrogens (tertiary/aromatic N) is 1. The Kier molecular flexibility index (Phi) is 5.49. The first-order valence-corrected chi connectivity index (χ1v) is 8.94. The van der Waals surface area contributed by atoms with Gasteiger partial charge in [0.25, 0.3) is 0 Å². The fraction of sp³-hybridized carbons (Fsp3) is 0.200. The summed E-state index contributed by atoms with van der Waals surface area (Å²) < 4.78 is 0. The van der Waals surface area contributed by atoms with Crippen molar-refractivity contribution in [2.24, 2.45) is 0 Å². The lowest BCUT2D eigenvalue weighted by molar-refractivity contribution is -0.120. The molecule has 122 valence electrons. The number of nitrogens with one attached hydrogen (secondary N) is 1. The molecule has 3 nitrogen and oxygen atoms in total. The Bertz CT molecular complexity index is 820. The highest BCUT2D eigenvalue weighted by atomic mass is 32.2. The molecule has 4 heteroatoms. The normalized spacial score (nSPS) is 12.0. The monoisotopic (exact) mass is 336 g/mol. The van der Waals surface area contributed by atoms with E-state index in [1.165, 1.54) is 17.3 Å². The summed E-state index contributed by atoms with van der Waals surface area (Å²) in [6.07, 6.45) is 0.845. The number of para-hydroxylation sites is 1. The lowest BCUT2D eigenvalue weighted by Gasteiger charge is -2.12. The first kappa shape index (κ1) is 16.5. The first-order chi connectivity index (χ1) is 11.7. The zero-order valence-electron chi connectivity index (χ0n) is 13.6. The number of rotatable bonds is 6. The van der Waals surface area contributed by atoms with Crippen LogP contribution in [0.25, 0.3) is 10.9 Å². The minimum Gasteiger partial charge on any atom is -0.355 e. The van der Waals surface area contributed by atoms with Gasteiger partial charge in [-0.2, -0.15) is 0 Å². The molecule has 0 bridgehead atoms. The molecule has 0 spiro atoms. The summed E-state index contributed by atoms with van der Waals surface area (Å²) >= 11 is 1.49. The van der Waals surface area contributed by atoms with E-state index in [0.29, 0.717) is 6.54 Å². The first-order valence-electron chi connectivity index (χ1n) is 8.06. The van der Waals surface area contributed by atoms with Gasteiger partial charge in [0.05, 0.1) is 15.8 Å². The van der Waals surface area contributed by atoms with E-state index in [1.54, 1.807) is 0 Å². The Balaban J connectivity index is 1.53. The molecule has 24 heavy (non-hydrogen) atoms. The molecule has 1 N–H and O–H groups in total. The number of thioether (sulfide) groups is 1. The number of aromatic nitrogens is 1. The number of amides is 1. The van der Waals surface area contributed by atoms with Gasteiger partial charge in [0.2, 0.25) is 5.91 Å². The van der Waals surface area contributed by atoms with E-state index >= 15 is 0 Å². The van der Waals surface area contributed by atoms with Crippen LogP contribution in [0.4, 0.5) is 0 Å². The van der Waals surface area contributed by atoms with Gasteiger partial charge < -0.3 is 5.32 Å². The fourth-order valence-electron chi connectivity index (χ4n) is 2.47. The molecule has 0 saturated heterocycles. The molecule has 1 aromatic heterocycles. The van der Waals surface area contributed by atoms with Crippen LogP contribution in [-0.4, -0.2) is 22.7 Å². The molecule has 0 aliphatic rings. The highest BCUT2D eigenvalue weighted by molar-refractivity contribution is 8.00. The van der Waals surface area contributed by atoms with Crippen molar-refractivity contribution in [2.75, 3.05) is 6.54 Å². The molecule has 1 heterocycles. The second-order valence-corrected chi connectivity index (χ2v) is 6.99. The molecule has 3 rings (SSSR count). The highest BCUT2D eigenvalue weighted by Crippen LogP contribution is 2.23. The molecule has 3 aromatic rings. The minimum absolute atomic E-state index is 0.0471. The number of carbonyl (C=O) groups is 1. The van der Waals surface area contributed by atoms with Gasteiger partial charge in [-0.15, -0.1) is 0 Å². The number of carbonyl (C=O) groups excluding carboxylic acids is 1. The molecular formula is C20H20N2OS. The Morgan fingerprint density at radius 3 is 2.62 bits per heavy atom. The summed E-state index contributed by atoms with van der Waals surface area (Å²) in [7, 11) is 0. The van der Waals surface area contributed by atoms with E-state index in [9.17, 15) is 4.79 Å². The van der Waals surface area contributed by atoms with Crippen molar-refractivity contribution < 1.29 is 4.79 Å². The Morgan fingerprint density at radius 2 is 1.79 bits per heavy atom. The summed E-state index contributed by atoms with van der Waals surface area (Å²) in [6.45, 7) is 2.57. The van der Waals surface area contributed by atoms with Crippen molar-refractivity contribution in [3.05, 3.63) is 72.3 Å². The van der Waals surface area contributed by atoms with Crippen LogP contribution in [0.5, 0.6) is 0 Å². The predicted molar refractivity (Wildman–Crippen MR) is 100 cm³/mol. The number of fused-ring (bicyclic) bond motifs is 1. The summed E-state index contributed by atoms with van der Waals surface area (Å²) in [4.78, 5) is 16.8. The second-order valence-electron chi connectivity index (χ2n) is 5.63. The molecule has 2 aromatic carbocycles. The van der Waals surface area contributed by atoms with Crippen LogP contribution in [0.1, 0.15) is 12.5 Å². The van der Waals surface area contributed by atoms with Gasteiger partial charge in [-0.25, -0.2) is 4.98 Å². The Hall–Kier alpha value is -2.33. The van der Waals surface area contributed by atoms with Crippen molar-refractivity contribution in [1.29, 1.82) is 0 Å². The Morgan fingerprint density at radius 1 is 1.04 bits per heavy atom. The van der Waals surface area contributed by atoms with E-state index in [-0.39, 0.29) is 11.2 Å². The van der Waals surface area contributed by atoms with Crippen LogP contribution in [0.3, 0.4) is 0 Å². The topological polar surface area (TPSA) is 42.0 Å². The zero-order valence-corrected chi connectivity index (χ0v) is 14.4. The third-order valence-electron chi connectivity index (χ3n) is 3.80. The van der Waals surface area contributed by atoms with E-state index in [0.717, 1.165) is 22.3 Å². The quantitative estimate of drug-likeness (QED) is 0.690. The van der Waals surface area contributed by atoms with E-state index in [2.05, 4.69) is 22.4 Å². The number of pyridine rings is 1. The lowest BCUT2D eigenvalue weighted by Crippen LogP contribution is -2.32. The minimum atomic E-state index is -0.172. The molecule has 0 saturated carbocycles. The predicted octanol–water partition coefficient (Wildman–Crippen LogP) is 4.07. The van der Waals surface area contributed by atoms with Gasteiger partial charge >= 0.3 is 0 Å². The maximum Gasteiger partial charge on any atom is 0.233 e.